The van der Waals surface area contributed by atoms with E-state index in [2.05, 4.69) is 20.8 Å². The van der Waals surface area contributed by atoms with Crippen molar-refractivity contribution in [1.29, 1.82) is 0 Å². The van der Waals surface area contributed by atoms with Crippen LogP contribution in [0, 0.1) is 0 Å². The average molecular weight is 281 g/mol. The summed E-state index contributed by atoms with van der Waals surface area (Å²) in [4.78, 5) is 15.6. The van der Waals surface area contributed by atoms with E-state index in [0.717, 1.165) is 0 Å². The predicted molar refractivity (Wildman–Crippen MR) is 73.2 cm³/mol. The van der Waals surface area contributed by atoms with Crippen LogP contribution < -0.4 is 10.7 Å². The second-order valence-corrected chi connectivity index (χ2v) is 4.51. The first-order chi connectivity index (χ1) is 9.00. The molecular formula is C12H13ClN4O2. The van der Waals surface area contributed by atoms with Crippen molar-refractivity contribution in [3.8, 4) is 0 Å². The van der Waals surface area contributed by atoms with E-state index < -0.39 is 6.04 Å². The van der Waals surface area contributed by atoms with Crippen molar-refractivity contribution in [2.24, 2.45) is 5.10 Å². The molecule has 1 aromatic heterocycles. The van der Waals surface area contributed by atoms with Gasteiger partial charge in [0.2, 0.25) is 0 Å². The number of hydrogen-bond donors (Lipinski definition) is 3. The van der Waals surface area contributed by atoms with E-state index in [-0.39, 0.29) is 17.2 Å². The Labute approximate surface area is 115 Å². The lowest BCUT2D eigenvalue weighted by molar-refractivity contribution is -0.116. The Balaban J connectivity index is 2.21. The number of aliphatic hydroxyl groups excluding tert-OH is 1. The largest absolute Gasteiger partial charge is 0.509 e. The number of nitrogens with zero attached hydrogens (tertiary/aromatic N) is 2. The molecule has 6 nitrogen and oxygen atoms in total. The Morgan fingerprint density at radius 2 is 2.37 bits per heavy atom. The standard InChI is InChI=1S/C12H13ClN4O2/c1-6(9-10(18)7(2)15-12(9)19)16-17-11-8(13)4-3-5-14-11/h3-5,7,18H,1-2H3,(H,14,17)(H,15,19)/t7-/m0/s1. The first-order valence-electron chi connectivity index (χ1n) is 5.66. The highest BCUT2D eigenvalue weighted by Crippen LogP contribution is 2.19. The van der Waals surface area contributed by atoms with Crippen LogP contribution in [-0.2, 0) is 4.79 Å². The summed E-state index contributed by atoms with van der Waals surface area (Å²) in [5.41, 5.74) is 3.20. The molecule has 1 atom stereocenters. The molecule has 19 heavy (non-hydrogen) atoms. The zero-order valence-corrected chi connectivity index (χ0v) is 11.2. The average Bonchev–Trinajstić information content (AvgIpc) is 2.62. The number of pyridine rings is 1. The normalized spacial score (nSPS) is 19.6. The molecule has 7 heteroatoms. The molecule has 1 aromatic rings. The summed E-state index contributed by atoms with van der Waals surface area (Å²) in [6.07, 6.45) is 1.57. The Morgan fingerprint density at radius 3 is 2.95 bits per heavy atom. The van der Waals surface area contributed by atoms with Crippen LogP contribution in [0.25, 0.3) is 0 Å². The minimum atomic E-state index is -0.397. The highest BCUT2D eigenvalue weighted by Gasteiger charge is 2.30. The molecule has 100 valence electrons. The highest BCUT2D eigenvalue weighted by atomic mass is 35.5. The van der Waals surface area contributed by atoms with Crippen molar-refractivity contribution in [3.63, 3.8) is 0 Å². The van der Waals surface area contributed by atoms with Crippen LogP contribution in [0.1, 0.15) is 13.8 Å². The van der Waals surface area contributed by atoms with Crippen LogP contribution >= 0.6 is 11.6 Å². The van der Waals surface area contributed by atoms with Crippen molar-refractivity contribution >= 4 is 29.0 Å². The number of anilines is 1. The van der Waals surface area contributed by atoms with E-state index in [1.54, 1.807) is 32.2 Å². The van der Waals surface area contributed by atoms with Crippen LogP contribution in [0.4, 0.5) is 5.82 Å². The monoisotopic (exact) mass is 280 g/mol. The van der Waals surface area contributed by atoms with Gasteiger partial charge in [-0.25, -0.2) is 4.98 Å². The molecule has 1 aliphatic heterocycles. The Bertz CT molecular complexity index is 583. The number of rotatable bonds is 3. The summed E-state index contributed by atoms with van der Waals surface area (Å²) in [7, 11) is 0. The number of aliphatic hydroxyl groups is 1. The van der Waals surface area contributed by atoms with Gasteiger partial charge in [0, 0.05) is 6.20 Å². The number of hydrazone groups is 1. The Hall–Kier alpha value is -2.08. The van der Waals surface area contributed by atoms with Crippen LogP contribution in [0.3, 0.4) is 0 Å². The van der Waals surface area contributed by atoms with E-state index in [4.69, 9.17) is 11.6 Å². The molecule has 1 aliphatic rings. The molecule has 0 aliphatic carbocycles. The fraction of sp³-hybridized carbons (Fsp3) is 0.250. The van der Waals surface area contributed by atoms with Gasteiger partial charge in [-0.1, -0.05) is 11.6 Å². The molecule has 0 radical (unpaired) electrons. The Kier molecular flexibility index (Phi) is 3.71. The number of nitrogens with one attached hydrogen (secondary N) is 2. The molecule has 0 saturated heterocycles. The third-order valence-corrected chi connectivity index (χ3v) is 3.00. The zero-order valence-electron chi connectivity index (χ0n) is 10.4. The molecular weight excluding hydrogens is 268 g/mol. The van der Waals surface area contributed by atoms with Gasteiger partial charge in [-0.05, 0) is 26.0 Å². The maximum absolute atomic E-state index is 11.6. The molecule has 0 bridgehead atoms. The Morgan fingerprint density at radius 1 is 1.63 bits per heavy atom. The number of hydrogen-bond acceptors (Lipinski definition) is 5. The van der Waals surface area contributed by atoms with E-state index in [1.807, 2.05) is 0 Å². The number of halogens is 1. The first kappa shape index (κ1) is 13.4. The second kappa shape index (κ2) is 5.27. The topological polar surface area (TPSA) is 86.6 Å². The van der Waals surface area contributed by atoms with Crippen molar-refractivity contribution < 1.29 is 9.90 Å². The molecule has 2 heterocycles. The van der Waals surface area contributed by atoms with E-state index in [0.29, 0.717) is 16.6 Å². The summed E-state index contributed by atoms with van der Waals surface area (Å²) in [5, 5.41) is 16.8. The summed E-state index contributed by atoms with van der Waals surface area (Å²) in [5.74, 6) is 0.0235. The summed E-state index contributed by atoms with van der Waals surface area (Å²) in [6.45, 7) is 3.31. The van der Waals surface area contributed by atoms with Gasteiger partial charge in [0.15, 0.2) is 5.82 Å². The molecule has 0 aromatic carbocycles. The van der Waals surface area contributed by atoms with E-state index >= 15 is 0 Å². The lowest BCUT2D eigenvalue weighted by Crippen LogP contribution is -2.26. The fourth-order valence-corrected chi connectivity index (χ4v) is 1.84. The van der Waals surface area contributed by atoms with Crippen molar-refractivity contribution in [3.05, 3.63) is 34.7 Å². The van der Waals surface area contributed by atoms with Crippen LogP contribution in [0.15, 0.2) is 34.8 Å². The molecule has 0 unspecified atom stereocenters. The lowest BCUT2D eigenvalue weighted by atomic mass is 10.1. The molecule has 3 N–H and O–H groups in total. The van der Waals surface area contributed by atoms with Gasteiger partial charge in [0.25, 0.3) is 5.91 Å². The molecule has 0 spiro atoms. The molecule has 2 rings (SSSR count). The van der Waals surface area contributed by atoms with Crippen LogP contribution in [0.5, 0.6) is 0 Å². The molecule has 0 saturated carbocycles. The molecule has 1 amide bonds. The predicted octanol–water partition coefficient (Wildman–Crippen LogP) is 1.85. The van der Waals surface area contributed by atoms with Gasteiger partial charge < -0.3 is 10.4 Å². The lowest BCUT2D eigenvalue weighted by Gasteiger charge is -2.04. The third kappa shape index (κ3) is 2.68. The summed E-state index contributed by atoms with van der Waals surface area (Å²) >= 11 is 5.91. The van der Waals surface area contributed by atoms with Gasteiger partial charge in [-0.15, -0.1) is 0 Å². The zero-order chi connectivity index (χ0) is 14.0. The second-order valence-electron chi connectivity index (χ2n) is 4.10. The van der Waals surface area contributed by atoms with Crippen LogP contribution in [-0.4, -0.2) is 27.8 Å². The van der Waals surface area contributed by atoms with Crippen molar-refractivity contribution in [2.45, 2.75) is 19.9 Å². The van der Waals surface area contributed by atoms with E-state index in [9.17, 15) is 9.90 Å². The number of carbonyl (C=O) groups is 1. The van der Waals surface area contributed by atoms with Gasteiger partial charge in [-0.2, -0.15) is 5.10 Å². The van der Waals surface area contributed by atoms with E-state index in [1.165, 1.54) is 0 Å². The number of aromatic nitrogens is 1. The minimum Gasteiger partial charge on any atom is -0.509 e. The molecule has 0 fully saturated rings. The first-order valence-corrected chi connectivity index (χ1v) is 6.03. The van der Waals surface area contributed by atoms with Crippen LogP contribution in [0.2, 0.25) is 5.02 Å². The fourth-order valence-electron chi connectivity index (χ4n) is 1.68. The van der Waals surface area contributed by atoms with Gasteiger partial charge in [0.1, 0.15) is 11.3 Å². The summed E-state index contributed by atoms with van der Waals surface area (Å²) in [6, 6.07) is 2.97. The van der Waals surface area contributed by atoms with Gasteiger partial charge in [0.05, 0.1) is 16.8 Å². The maximum atomic E-state index is 11.6. The third-order valence-electron chi connectivity index (χ3n) is 2.69. The smallest absolute Gasteiger partial charge is 0.257 e. The number of amides is 1. The highest BCUT2D eigenvalue weighted by molar-refractivity contribution is 6.32. The quantitative estimate of drug-likeness (QED) is 0.582. The van der Waals surface area contributed by atoms with Crippen molar-refractivity contribution in [1.82, 2.24) is 10.3 Å². The minimum absolute atomic E-state index is 0.0137. The van der Waals surface area contributed by atoms with Crippen molar-refractivity contribution in [2.75, 3.05) is 5.43 Å². The van der Waals surface area contributed by atoms with Gasteiger partial charge >= 0.3 is 0 Å². The SMILES string of the molecule is CC(=NNc1ncccc1Cl)C1=C(O)[C@H](C)NC1=O. The van der Waals surface area contributed by atoms with Gasteiger partial charge in [-0.3, -0.25) is 10.2 Å². The maximum Gasteiger partial charge on any atom is 0.257 e. The number of carbonyl (C=O) groups excluding carboxylic acids is 1. The summed E-state index contributed by atoms with van der Waals surface area (Å²) < 4.78 is 0.